The van der Waals surface area contributed by atoms with Gasteiger partial charge in [0.2, 0.25) is 0 Å². The number of allylic oxidation sites excluding steroid dienone is 1. The first kappa shape index (κ1) is 23.9. The zero-order chi connectivity index (χ0) is 22.1. The van der Waals surface area contributed by atoms with Crippen molar-refractivity contribution < 1.29 is 0 Å². The molecule has 0 aromatic heterocycles. The van der Waals surface area contributed by atoms with E-state index in [2.05, 4.69) is 44.4 Å². The Kier molecular flexibility index (Phi) is 9.50. The zero-order valence-corrected chi connectivity index (χ0v) is 19.9. The van der Waals surface area contributed by atoms with Crippen LogP contribution in [-0.2, 0) is 0 Å². The zero-order valence-electron chi connectivity index (χ0n) is 19.9. The first-order chi connectivity index (χ1) is 15.1. The molecule has 3 saturated heterocycles. The molecule has 0 aromatic rings. The molecule has 6 nitrogen and oxygen atoms in total. The SMILES string of the molecule is [C-]#[N+]/C(C#N)=C1\N(CCCN2CCCCCC2)CCN1CCCN1CC(C)CC(C)C1. The van der Waals surface area contributed by atoms with Crippen molar-refractivity contribution in [2.24, 2.45) is 11.8 Å². The van der Waals surface area contributed by atoms with Crippen LogP contribution in [0, 0.1) is 29.7 Å². The van der Waals surface area contributed by atoms with Gasteiger partial charge in [0.05, 0.1) is 12.6 Å². The van der Waals surface area contributed by atoms with Gasteiger partial charge in [0, 0.05) is 39.3 Å². The van der Waals surface area contributed by atoms with Gasteiger partial charge in [0.25, 0.3) is 0 Å². The first-order valence-corrected chi connectivity index (χ1v) is 12.6. The third-order valence-corrected chi connectivity index (χ3v) is 7.12. The van der Waals surface area contributed by atoms with E-state index in [0.717, 1.165) is 69.8 Å². The summed E-state index contributed by atoms with van der Waals surface area (Å²) in [5, 5.41) is 9.58. The largest absolute Gasteiger partial charge is 0.365 e. The lowest BCUT2D eigenvalue weighted by Gasteiger charge is -2.35. The fraction of sp³-hybridized carbons (Fsp3) is 0.840. The Bertz CT molecular complexity index is 640. The molecule has 0 amide bonds. The summed E-state index contributed by atoms with van der Waals surface area (Å²) in [5.41, 5.74) is 0.271. The number of nitrogens with zero attached hydrogens (tertiary/aromatic N) is 6. The van der Waals surface area contributed by atoms with Gasteiger partial charge < -0.3 is 19.6 Å². The maximum Gasteiger partial charge on any atom is 0.300 e. The van der Waals surface area contributed by atoms with Gasteiger partial charge in [0.15, 0.2) is 0 Å². The van der Waals surface area contributed by atoms with Crippen molar-refractivity contribution in [3.8, 4) is 6.07 Å². The number of hydrogen-bond acceptors (Lipinski definition) is 5. The standard InChI is InChI=1S/C25H42N6/c1-22-18-23(2)21-29(20-22)13-9-15-31-17-16-30(25(31)24(19-26)27-3)14-8-12-28-10-6-4-5-7-11-28/h22-23H,4-18,20-21H2,1-2H3/b25-24+. The van der Waals surface area contributed by atoms with Crippen molar-refractivity contribution in [2.75, 3.05) is 65.4 Å². The van der Waals surface area contributed by atoms with Gasteiger partial charge in [-0.1, -0.05) is 26.7 Å². The van der Waals surface area contributed by atoms with E-state index in [1.54, 1.807) is 0 Å². The summed E-state index contributed by atoms with van der Waals surface area (Å²) < 4.78 is 0. The van der Waals surface area contributed by atoms with Crippen molar-refractivity contribution in [3.05, 3.63) is 22.9 Å². The number of likely N-dealkylation sites (tertiary alicyclic amines) is 2. The molecular formula is C25H42N6. The maximum absolute atomic E-state index is 9.58. The average Bonchev–Trinajstić information content (AvgIpc) is 2.95. The molecule has 0 saturated carbocycles. The Morgan fingerprint density at radius 1 is 0.871 bits per heavy atom. The predicted molar refractivity (Wildman–Crippen MR) is 126 cm³/mol. The maximum atomic E-state index is 9.58. The molecule has 172 valence electrons. The first-order valence-electron chi connectivity index (χ1n) is 12.6. The van der Waals surface area contributed by atoms with Crippen molar-refractivity contribution in [1.29, 1.82) is 5.26 Å². The fourth-order valence-electron chi connectivity index (χ4n) is 5.82. The van der Waals surface area contributed by atoms with E-state index >= 15 is 0 Å². The average molecular weight is 427 g/mol. The highest BCUT2D eigenvalue weighted by atomic mass is 15.4. The summed E-state index contributed by atoms with van der Waals surface area (Å²) in [6.45, 7) is 23.1. The van der Waals surface area contributed by atoms with Crippen LogP contribution < -0.4 is 0 Å². The molecule has 3 fully saturated rings. The highest BCUT2D eigenvalue weighted by Crippen LogP contribution is 2.25. The van der Waals surface area contributed by atoms with Crippen LogP contribution in [0.4, 0.5) is 0 Å². The normalized spacial score (nSPS) is 27.6. The van der Waals surface area contributed by atoms with Crippen LogP contribution in [0.5, 0.6) is 0 Å². The van der Waals surface area contributed by atoms with E-state index < -0.39 is 0 Å². The van der Waals surface area contributed by atoms with Gasteiger partial charge in [0.1, 0.15) is 5.82 Å². The predicted octanol–water partition coefficient (Wildman–Crippen LogP) is 3.85. The van der Waals surface area contributed by atoms with Crippen molar-refractivity contribution >= 4 is 0 Å². The smallest absolute Gasteiger partial charge is 0.300 e. The lowest BCUT2D eigenvalue weighted by atomic mass is 9.92. The minimum Gasteiger partial charge on any atom is -0.365 e. The second kappa shape index (κ2) is 12.3. The molecule has 3 aliphatic rings. The molecule has 0 aliphatic carbocycles. The molecule has 0 aromatic carbocycles. The van der Waals surface area contributed by atoms with Crippen LogP contribution in [0.25, 0.3) is 4.85 Å². The minimum absolute atomic E-state index is 0.271. The molecule has 0 bridgehead atoms. The quantitative estimate of drug-likeness (QED) is 0.436. The summed E-state index contributed by atoms with van der Waals surface area (Å²) in [4.78, 5) is 13.4. The third-order valence-electron chi connectivity index (χ3n) is 7.12. The molecule has 2 atom stereocenters. The Morgan fingerprint density at radius 2 is 1.42 bits per heavy atom. The van der Waals surface area contributed by atoms with Gasteiger partial charge >= 0.3 is 5.70 Å². The monoisotopic (exact) mass is 426 g/mol. The molecule has 31 heavy (non-hydrogen) atoms. The Balaban J connectivity index is 1.50. The number of nitriles is 1. The number of rotatable bonds is 8. The molecular weight excluding hydrogens is 384 g/mol. The van der Waals surface area contributed by atoms with Gasteiger partial charge in [-0.2, -0.15) is 0 Å². The fourth-order valence-corrected chi connectivity index (χ4v) is 5.82. The molecule has 0 radical (unpaired) electrons. The lowest BCUT2D eigenvalue weighted by Crippen LogP contribution is -2.40. The Labute approximate surface area is 190 Å². The molecule has 2 unspecified atom stereocenters. The molecule has 3 rings (SSSR count). The van der Waals surface area contributed by atoms with Gasteiger partial charge in [-0.15, -0.1) is 0 Å². The van der Waals surface area contributed by atoms with E-state index in [9.17, 15) is 5.26 Å². The van der Waals surface area contributed by atoms with Gasteiger partial charge in [-0.3, -0.25) is 0 Å². The highest BCUT2D eigenvalue weighted by molar-refractivity contribution is 5.33. The lowest BCUT2D eigenvalue weighted by molar-refractivity contribution is 0.136. The van der Waals surface area contributed by atoms with Gasteiger partial charge in [-0.25, -0.2) is 10.1 Å². The van der Waals surface area contributed by atoms with Crippen LogP contribution in [0.2, 0.25) is 0 Å². The minimum atomic E-state index is 0.271. The molecule has 6 heteroatoms. The van der Waals surface area contributed by atoms with E-state index in [-0.39, 0.29) is 5.70 Å². The molecule has 0 N–H and O–H groups in total. The van der Waals surface area contributed by atoms with E-state index in [1.165, 1.54) is 58.3 Å². The number of hydrogen-bond donors (Lipinski definition) is 0. The summed E-state index contributed by atoms with van der Waals surface area (Å²) in [6, 6.07) is 2.17. The Hall–Kier alpha value is -1.76. The van der Waals surface area contributed by atoms with E-state index in [4.69, 9.17) is 6.57 Å². The van der Waals surface area contributed by atoms with Gasteiger partial charge in [-0.05, 0) is 70.1 Å². The van der Waals surface area contributed by atoms with Crippen LogP contribution in [0.15, 0.2) is 11.5 Å². The summed E-state index contributed by atoms with van der Waals surface area (Å²) in [6.07, 6.45) is 8.95. The van der Waals surface area contributed by atoms with Crippen LogP contribution in [0.3, 0.4) is 0 Å². The van der Waals surface area contributed by atoms with E-state index in [0.29, 0.717) is 0 Å². The van der Waals surface area contributed by atoms with Crippen molar-refractivity contribution in [2.45, 2.75) is 58.8 Å². The third kappa shape index (κ3) is 7.13. The topological polar surface area (TPSA) is 41.1 Å². The van der Waals surface area contributed by atoms with Crippen LogP contribution in [-0.4, -0.2) is 85.0 Å². The number of piperidine rings is 1. The summed E-state index contributed by atoms with van der Waals surface area (Å²) in [7, 11) is 0. The summed E-state index contributed by atoms with van der Waals surface area (Å²) in [5.74, 6) is 2.48. The summed E-state index contributed by atoms with van der Waals surface area (Å²) >= 11 is 0. The van der Waals surface area contributed by atoms with Crippen molar-refractivity contribution in [1.82, 2.24) is 19.6 Å². The molecule has 3 aliphatic heterocycles. The van der Waals surface area contributed by atoms with E-state index in [1.807, 2.05) is 0 Å². The molecule has 3 heterocycles. The Morgan fingerprint density at radius 3 is 1.94 bits per heavy atom. The van der Waals surface area contributed by atoms with Crippen LogP contribution >= 0.6 is 0 Å². The van der Waals surface area contributed by atoms with Crippen molar-refractivity contribution in [3.63, 3.8) is 0 Å². The molecule has 0 spiro atoms. The van der Waals surface area contributed by atoms with Crippen LogP contribution in [0.1, 0.15) is 58.8 Å². The second-order valence-corrected chi connectivity index (χ2v) is 10.0. The highest BCUT2D eigenvalue weighted by Gasteiger charge is 2.28. The second-order valence-electron chi connectivity index (χ2n) is 10.0.